The first kappa shape index (κ1) is 20.1. The molecule has 1 aliphatic carbocycles. The van der Waals surface area contributed by atoms with Crippen molar-refractivity contribution in [3.05, 3.63) is 42.7 Å². The van der Waals surface area contributed by atoms with Crippen LogP contribution >= 0.6 is 0 Å². The van der Waals surface area contributed by atoms with Gasteiger partial charge >= 0.3 is 0 Å². The van der Waals surface area contributed by atoms with E-state index in [9.17, 15) is 0 Å². The van der Waals surface area contributed by atoms with E-state index in [4.69, 9.17) is 4.98 Å². The van der Waals surface area contributed by atoms with Crippen LogP contribution in [0.15, 0.2) is 37.1 Å². The van der Waals surface area contributed by atoms with Crippen LogP contribution in [0.3, 0.4) is 0 Å². The van der Waals surface area contributed by atoms with E-state index in [1.165, 1.54) is 25.7 Å². The van der Waals surface area contributed by atoms with Crippen molar-refractivity contribution in [2.75, 3.05) is 20.1 Å². The van der Waals surface area contributed by atoms with E-state index in [2.05, 4.69) is 39.8 Å². The summed E-state index contributed by atoms with van der Waals surface area (Å²) in [4.78, 5) is 4.86. The lowest BCUT2D eigenvalue weighted by atomic mass is 10.0. The summed E-state index contributed by atoms with van der Waals surface area (Å²) < 4.78 is 1.86. The Balaban J connectivity index is 0.000000500. The number of H-pyrrole nitrogens is 1. The van der Waals surface area contributed by atoms with Gasteiger partial charge in [-0.25, -0.2) is 9.50 Å². The summed E-state index contributed by atoms with van der Waals surface area (Å²) >= 11 is 0. The van der Waals surface area contributed by atoms with E-state index in [0.717, 1.165) is 41.1 Å². The Labute approximate surface area is 166 Å². The van der Waals surface area contributed by atoms with Gasteiger partial charge in [0.1, 0.15) is 0 Å². The van der Waals surface area contributed by atoms with Gasteiger partial charge in [0, 0.05) is 36.6 Å². The van der Waals surface area contributed by atoms with Crippen LogP contribution in [0, 0.1) is 5.92 Å². The number of aromatic amines is 1. The van der Waals surface area contributed by atoms with Gasteiger partial charge in [0.05, 0.1) is 35.5 Å². The van der Waals surface area contributed by atoms with Crippen molar-refractivity contribution >= 4 is 11.1 Å². The predicted molar refractivity (Wildman–Crippen MR) is 114 cm³/mol. The molecule has 0 saturated heterocycles. The van der Waals surface area contributed by atoms with Gasteiger partial charge in [0.2, 0.25) is 0 Å². The molecule has 3 aromatic heterocycles. The van der Waals surface area contributed by atoms with Gasteiger partial charge in [0.15, 0.2) is 0 Å². The van der Waals surface area contributed by atoms with Gasteiger partial charge in [0.25, 0.3) is 0 Å². The van der Waals surface area contributed by atoms with Gasteiger partial charge in [-0.1, -0.05) is 39.5 Å². The average molecular weight is 382 g/mol. The van der Waals surface area contributed by atoms with E-state index in [1.807, 2.05) is 36.2 Å². The summed E-state index contributed by atoms with van der Waals surface area (Å²) in [5.74, 6) is 0.583. The molecule has 3 aromatic rings. The second-order valence-corrected chi connectivity index (χ2v) is 7.54. The van der Waals surface area contributed by atoms with Crippen molar-refractivity contribution in [1.29, 1.82) is 0 Å². The van der Waals surface area contributed by atoms with Crippen molar-refractivity contribution in [2.45, 2.75) is 39.5 Å². The van der Waals surface area contributed by atoms with Crippen molar-refractivity contribution in [3.8, 4) is 11.3 Å². The zero-order valence-corrected chi connectivity index (χ0v) is 17.1. The minimum atomic E-state index is 0.583. The highest BCUT2D eigenvalue weighted by molar-refractivity contribution is 5.78. The first-order valence-electron chi connectivity index (χ1n) is 10.1. The summed E-state index contributed by atoms with van der Waals surface area (Å²) in [5.41, 5.74) is 4.73. The Kier molecular flexibility index (Phi) is 7.19. The molecule has 0 atom stereocenters. The largest absolute Gasteiger partial charge is 0.390 e. The van der Waals surface area contributed by atoms with Crippen molar-refractivity contribution in [3.63, 3.8) is 0 Å². The van der Waals surface area contributed by atoms with E-state index in [0.29, 0.717) is 5.92 Å². The fourth-order valence-electron chi connectivity index (χ4n) is 2.75. The first-order valence-corrected chi connectivity index (χ1v) is 10.1. The molecule has 3 heterocycles. The molecule has 0 aliphatic heterocycles. The molecule has 0 aromatic carbocycles. The minimum Gasteiger partial charge on any atom is -0.390 e. The number of aromatic nitrogens is 5. The maximum absolute atomic E-state index is 4.86. The summed E-state index contributed by atoms with van der Waals surface area (Å²) in [7, 11) is 1.93. The predicted octanol–water partition coefficient (Wildman–Crippen LogP) is 3.49. The molecule has 0 spiro atoms. The summed E-state index contributed by atoms with van der Waals surface area (Å²) in [5, 5.41) is 17.8. The van der Waals surface area contributed by atoms with Crippen molar-refractivity contribution in [2.24, 2.45) is 5.92 Å². The third kappa shape index (κ3) is 5.19. The van der Waals surface area contributed by atoms with Crippen LogP contribution in [0.25, 0.3) is 22.3 Å². The maximum Gasteiger partial charge on any atom is 0.0999 e. The molecule has 0 unspecified atom stereocenters. The Morgan fingerprint density at radius 3 is 2.68 bits per heavy atom. The number of nitrogens with one attached hydrogen (secondary N) is 3. The van der Waals surface area contributed by atoms with Crippen LogP contribution in [-0.2, 0) is 0 Å². The van der Waals surface area contributed by atoms with E-state index in [1.54, 1.807) is 12.4 Å². The molecule has 0 bridgehead atoms. The SMILES string of the molecule is C1CCC1.CNC/C(=C\NCC(C)C)c1cn2nccc2c(-c2cn[nH]c2)n1. The first-order chi connectivity index (χ1) is 13.7. The fourth-order valence-corrected chi connectivity index (χ4v) is 2.75. The Bertz CT molecular complexity index is 869. The highest BCUT2D eigenvalue weighted by Crippen LogP contribution is 2.24. The van der Waals surface area contributed by atoms with Gasteiger partial charge in [-0.2, -0.15) is 10.2 Å². The lowest BCUT2D eigenvalue weighted by Crippen LogP contribution is -2.18. The molecular weight excluding hydrogens is 350 g/mol. The van der Waals surface area contributed by atoms with Gasteiger partial charge in [-0.3, -0.25) is 5.10 Å². The number of rotatable bonds is 7. The third-order valence-electron chi connectivity index (χ3n) is 4.66. The summed E-state index contributed by atoms with van der Waals surface area (Å²) in [6.07, 6.45) is 15.4. The molecule has 0 amide bonds. The third-order valence-corrected chi connectivity index (χ3v) is 4.66. The highest BCUT2D eigenvalue weighted by Gasteiger charge is 2.12. The van der Waals surface area contributed by atoms with E-state index >= 15 is 0 Å². The molecule has 7 nitrogen and oxygen atoms in total. The van der Waals surface area contributed by atoms with Crippen LogP contribution < -0.4 is 10.6 Å². The molecule has 1 saturated carbocycles. The quantitative estimate of drug-likeness (QED) is 0.584. The number of fused-ring (bicyclic) bond motifs is 1. The molecule has 3 N–H and O–H groups in total. The zero-order chi connectivity index (χ0) is 19.8. The zero-order valence-electron chi connectivity index (χ0n) is 17.1. The molecule has 28 heavy (non-hydrogen) atoms. The number of nitrogens with zero attached hydrogens (tertiary/aromatic N) is 4. The molecule has 0 radical (unpaired) electrons. The van der Waals surface area contributed by atoms with Crippen LogP contribution in [-0.4, -0.2) is 44.9 Å². The Hall–Kier alpha value is -2.67. The highest BCUT2D eigenvalue weighted by atomic mass is 15.2. The van der Waals surface area contributed by atoms with E-state index in [-0.39, 0.29) is 0 Å². The van der Waals surface area contributed by atoms with E-state index < -0.39 is 0 Å². The Morgan fingerprint density at radius 1 is 1.29 bits per heavy atom. The topological polar surface area (TPSA) is 82.9 Å². The number of hydrogen-bond donors (Lipinski definition) is 3. The fraction of sp³-hybridized carbons (Fsp3) is 0.476. The lowest BCUT2D eigenvalue weighted by molar-refractivity contribution is 0.504. The van der Waals surface area contributed by atoms with Gasteiger partial charge < -0.3 is 10.6 Å². The monoisotopic (exact) mass is 381 g/mol. The van der Waals surface area contributed by atoms with Crippen molar-refractivity contribution < 1.29 is 0 Å². The van der Waals surface area contributed by atoms with Crippen LogP contribution in [0.1, 0.15) is 45.2 Å². The molecule has 4 rings (SSSR count). The molecule has 1 fully saturated rings. The second-order valence-electron chi connectivity index (χ2n) is 7.54. The maximum atomic E-state index is 4.86. The number of likely N-dealkylation sites (N-methyl/N-ethyl adjacent to an activating group) is 1. The minimum absolute atomic E-state index is 0.583. The number of hydrogen-bond acceptors (Lipinski definition) is 5. The molecule has 7 heteroatoms. The summed E-state index contributed by atoms with van der Waals surface area (Å²) in [6.45, 7) is 6.01. The smallest absolute Gasteiger partial charge is 0.0999 e. The normalized spacial score (nSPS) is 13.9. The Morgan fingerprint density at radius 2 is 2.07 bits per heavy atom. The average Bonchev–Trinajstić information content (AvgIpc) is 3.30. The van der Waals surface area contributed by atoms with Gasteiger partial charge in [-0.05, 0) is 19.0 Å². The lowest BCUT2D eigenvalue weighted by Gasteiger charge is -2.11. The van der Waals surface area contributed by atoms with Gasteiger partial charge in [-0.15, -0.1) is 0 Å². The molecule has 1 aliphatic rings. The second kappa shape index (κ2) is 10.0. The standard InChI is InChI=1S/C17H23N7.C4H8/c1-12(2)6-19-8-13(7-18-3)15-11-24-16(4-5-22-24)17(23-15)14-9-20-21-10-14;1-2-4-3-1/h4-5,8-12,18-19H,6-7H2,1-3H3,(H,20,21);1-4H2/b13-8+;. The van der Waals surface area contributed by atoms with Crippen LogP contribution in [0.5, 0.6) is 0 Å². The molecular formula is C21H31N7. The van der Waals surface area contributed by atoms with Crippen molar-refractivity contribution in [1.82, 2.24) is 35.4 Å². The van der Waals surface area contributed by atoms with Crippen LogP contribution in [0.2, 0.25) is 0 Å². The van der Waals surface area contributed by atoms with Crippen LogP contribution in [0.4, 0.5) is 0 Å². The summed E-state index contributed by atoms with van der Waals surface area (Å²) in [6, 6.07) is 1.96. The molecule has 150 valence electrons.